The predicted octanol–water partition coefficient (Wildman–Crippen LogP) is 7.10. The number of hydrogen-bond donors (Lipinski definition) is 0. The van der Waals surface area contributed by atoms with Crippen LogP contribution in [0.5, 0.6) is 5.75 Å². The topological polar surface area (TPSA) is 102 Å². The van der Waals surface area contributed by atoms with Gasteiger partial charge >= 0.3 is 0 Å². The lowest BCUT2D eigenvalue weighted by molar-refractivity contribution is -0.384. The van der Waals surface area contributed by atoms with Gasteiger partial charge < -0.3 is 4.74 Å². The minimum Gasteiger partial charge on any atom is -0.494 e. The molecule has 1 saturated heterocycles. The molecule has 1 aliphatic heterocycles. The van der Waals surface area contributed by atoms with E-state index >= 15 is 0 Å². The zero-order valence-electron chi connectivity index (χ0n) is 24.3. The summed E-state index contributed by atoms with van der Waals surface area (Å²) in [6.45, 7) is 2.17. The molecule has 0 unspecified atom stereocenters. The second-order valence-electron chi connectivity index (χ2n) is 11.6. The van der Waals surface area contributed by atoms with Gasteiger partial charge in [0, 0.05) is 17.5 Å². The van der Waals surface area contributed by atoms with Crippen molar-refractivity contribution in [3.05, 3.63) is 142 Å². The number of nitrogens with zero attached hydrogens (tertiary/aromatic N) is 3. The molecule has 0 spiro atoms. The van der Waals surface area contributed by atoms with E-state index in [1.54, 1.807) is 18.3 Å². The third-order valence-electron chi connectivity index (χ3n) is 9.55. The first-order valence-corrected chi connectivity index (χ1v) is 15.0. The first kappa shape index (κ1) is 27.0. The van der Waals surface area contributed by atoms with Gasteiger partial charge in [0.25, 0.3) is 5.69 Å². The molecule has 0 N–H and O–H groups in total. The monoisotopic (exact) mass is 593 g/mol. The fraction of sp³-hybridized carbons (Fsp3) is 0.162. The highest BCUT2D eigenvalue weighted by Gasteiger charge is 2.68. The number of nitro benzene ring substituents is 1. The number of fused-ring (bicyclic) bond motifs is 1. The van der Waals surface area contributed by atoms with Crippen molar-refractivity contribution >= 4 is 45.9 Å². The molecule has 5 aromatic rings. The van der Waals surface area contributed by atoms with Crippen LogP contribution in [-0.4, -0.2) is 29.6 Å². The molecular weight excluding hydrogens is 566 g/mol. The normalized spacial score (nSPS) is 22.9. The Hall–Kier alpha value is -5.63. The molecule has 0 aromatic heterocycles. The first-order chi connectivity index (χ1) is 22.0. The number of nitro groups is 1. The molecule has 220 valence electrons. The molecule has 9 rings (SSSR count). The van der Waals surface area contributed by atoms with Crippen molar-refractivity contribution in [3.8, 4) is 5.75 Å². The van der Waals surface area contributed by atoms with Crippen molar-refractivity contribution in [2.45, 2.75) is 18.3 Å². The van der Waals surface area contributed by atoms with E-state index in [0.717, 1.165) is 33.0 Å². The van der Waals surface area contributed by atoms with E-state index in [9.17, 15) is 19.7 Å². The number of carbonyl (C=O) groups is 2. The fourth-order valence-corrected chi connectivity index (χ4v) is 7.88. The second kappa shape index (κ2) is 9.95. The summed E-state index contributed by atoms with van der Waals surface area (Å²) in [5.74, 6) is -1.98. The number of hydrogen-bond acceptors (Lipinski definition) is 6. The number of aliphatic imine (C=N–C) groups is 1. The lowest BCUT2D eigenvalue weighted by atomic mass is 9.47. The molecule has 1 fully saturated rings. The lowest BCUT2D eigenvalue weighted by Crippen LogP contribution is -2.54. The van der Waals surface area contributed by atoms with E-state index in [0.29, 0.717) is 18.0 Å². The van der Waals surface area contributed by atoms with Crippen molar-refractivity contribution in [3.63, 3.8) is 0 Å². The molecule has 5 aromatic carbocycles. The molecule has 1 heterocycles. The van der Waals surface area contributed by atoms with Gasteiger partial charge in [0.15, 0.2) is 0 Å². The molecule has 0 radical (unpaired) electrons. The number of amides is 2. The van der Waals surface area contributed by atoms with Crippen LogP contribution >= 0.6 is 0 Å². The van der Waals surface area contributed by atoms with Crippen molar-refractivity contribution < 1.29 is 19.2 Å². The van der Waals surface area contributed by atoms with E-state index in [-0.39, 0.29) is 29.1 Å². The quantitative estimate of drug-likeness (QED) is 0.0905. The molecule has 3 aliphatic carbocycles. The van der Waals surface area contributed by atoms with Gasteiger partial charge in [0.1, 0.15) is 11.4 Å². The maximum atomic E-state index is 14.8. The SMILES string of the molecule is CCOc1ccc(N=CC23c4ccccc4C(c4ccccc42)[C@H]2C(=O)N(c4cccc5ccccc45)C(=O)[C@H]23)c([N+](=O)[O-])c1. The number of benzene rings is 5. The van der Waals surface area contributed by atoms with Gasteiger partial charge in [-0.05, 0) is 52.8 Å². The highest BCUT2D eigenvalue weighted by molar-refractivity contribution is 6.27. The molecule has 0 saturated carbocycles. The van der Waals surface area contributed by atoms with Crippen LogP contribution in [0.25, 0.3) is 10.8 Å². The summed E-state index contributed by atoms with van der Waals surface area (Å²) >= 11 is 0. The molecule has 45 heavy (non-hydrogen) atoms. The second-order valence-corrected chi connectivity index (χ2v) is 11.6. The maximum absolute atomic E-state index is 14.8. The maximum Gasteiger partial charge on any atom is 0.298 e. The molecule has 2 amide bonds. The van der Waals surface area contributed by atoms with Crippen LogP contribution in [0.4, 0.5) is 17.1 Å². The van der Waals surface area contributed by atoms with E-state index in [4.69, 9.17) is 9.73 Å². The largest absolute Gasteiger partial charge is 0.494 e. The van der Waals surface area contributed by atoms with Gasteiger partial charge in [-0.1, -0.05) is 84.9 Å². The van der Waals surface area contributed by atoms with E-state index in [1.165, 1.54) is 11.0 Å². The van der Waals surface area contributed by atoms with Gasteiger partial charge in [-0.3, -0.25) is 24.7 Å². The number of ether oxygens (including phenoxy) is 1. The Morgan fingerprint density at radius 3 is 2.24 bits per heavy atom. The summed E-state index contributed by atoms with van der Waals surface area (Å²) in [6.07, 6.45) is 1.68. The predicted molar refractivity (Wildman–Crippen MR) is 171 cm³/mol. The Labute approximate surface area is 258 Å². The van der Waals surface area contributed by atoms with E-state index < -0.39 is 22.2 Å². The van der Waals surface area contributed by atoms with Gasteiger partial charge in [-0.25, -0.2) is 4.90 Å². The van der Waals surface area contributed by atoms with E-state index in [2.05, 4.69) is 0 Å². The summed E-state index contributed by atoms with van der Waals surface area (Å²) in [6, 6.07) is 33.7. The van der Waals surface area contributed by atoms with E-state index in [1.807, 2.05) is 97.9 Å². The Bertz CT molecular complexity index is 2050. The average molecular weight is 594 g/mol. The Kier molecular flexibility index (Phi) is 5.96. The van der Waals surface area contributed by atoms with Gasteiger partial charge in [0.2, 0.25) is 11.8 Å². The Morgan fingerprint density at radius 2 is 1.53 bits per heavy atom. The third kappa shape index (κ3) is 3.68. The minimum atomic E-state index is -1.15. The number of imide groups is 1. The molecule has 8 heteroatoms. The smallest absolute Gasteiger partial charge is 0.298 e. The highest BCUT2D eigenvalue weighted by atomic mass is 16.6. The minimum absolute atomic E-state index is 0.139. The zero-order valence-corrected chi connectivity index (χ0v) is 24.3. The summed E-state index contributed by atoms with van der Waals surface area (Å²) in [5.41, 5.74) is 3.03. The number of carbonyl (C=O) groups excluding carboxylic acids is 2. The summed E-state index contributed by atoms with van der Waals surface area (Å²) in [7, 11) is 0. The molecule has 8 nitrogen and oxygen atoms in total. The lowest BCUT2D eigenvalue weighted by Gasteiger charge is -2.52. The molecule has 2 atom stereocenters. The van der Waals surface area contributed by atoms with Crippen molar-refractivity contribution in [1.29, 1.82) is 0 Å². The van der Waals surface area contributed by atoms with Crippen molar-refractivity contribution in [2.75, 3.05) is 11.5 Å². The van der Waals surface area contributed by atoms with Gasteiger partial charge in [0.05, 0.1) is 40.5 Å². The Morgan fingerprint density at radius 1 is 0.867 bits per heavy atom. The van der Waals surface area contributed by atoms with Crippen LogP contribution in [0.15, 0.2) is 114 Å². The highest BCUT2D eigenvalue weighted by Crippen LogP contribution is 2.64. The van der Waals surface area contributed by atoms with Crippen LogP contribution in [0, 0.1) is 22.0 Å². The van der Waals surface area contributed by atoms with Crippen LogP contribution < -0.4 is 9.64 Å². The Balaban J connectivity index is 1.37. The number of anilines is 1. The van der Waals surface area contributed by atoms with Crippen LogP contribution in [-0.2, 0) is 15.0 Å². The summed E-state index contributed by atoms with van der Waals surface area (Å²) in [4.78, 5) is 47.3. The van der Waals surface area contributed by atoms with Crippen LogP contribution in [0.1, 0.15) is 35.1 Å². The van der Waals surface area contributed by atoms with Crippen molar-refractivity contribution in [2.24, 2.45) is 16.8 Å². The fourth-order valence-electron chi connectivity index (χ4n) is 7.88. The molecular formula is C37H27N3O5. The van der Waals surface area contributed by atoms with Crippen molar-refractivity contribution in [1.82, 2.24) is 0 Å². The molecule has 4 aliphatic rings. The van der Waals surface area contributed by atoms with Gasteiger partial charge in [-0.15, -0.1) is 0 Å². The number of rotatable bonds is 6. The summed E-state index contributed by atoms with van der Waals surface area (Å²) < 4.78 is 5.51. The van der Waals surface area contributed by atoms with Gasteiger partial charge in [-0.2, -0.15) is 0 Å². The average Bonchev–Trinajstić information content (AvgIpc) is 3.34. The van der Waals surface area contributed by atoms with Crippen LogP contribution in [0.2, 0.25) is 0 Å². The summed E-state index contributed by atoms with van der Waals surface area (Å²) in [5, 5.41) is 13.9. The van der Waals surface area contributed by atoms with Crippen LogP contribution in [0.3, 0.4) is 0 Å². The molecule has 2 bridgehead atoms. The standard InChI is InChI=1S/C37H27N3O5/c1-2-45-23-18-19-29(31(20-23)40(43)44)38-21-37-27-15-7-5-13-25(27)32(26-14-6-8-16-28(26)37)33-34(37)36(42)39(35(33)41)30-17-9-11-22-10-3-4-12-24(22)30/h3-21,32-34H,2H2,1H3/t32?,33-,34+,37?/m1/s1. The zero-order chi connectivity index (χ0) is 30.9. The third-order valence-corrected chi connectivity index (χ3v) is 9.55. The first-order valence-electron chi connectivity index (χ1n) is 15.0.